The summed E-state index contributed by atoms with van der Waals surface area (Å²) in [6, 6.07) is 7.92. The van der Waals surface area contributed by atoms with Crippen molar-refractivity contribution < 1.29 is 9.53 Å². The van der Waals surface area contributed by atoms with Crippen LogP contribution in [0.3, 0.4) is 0 Å². The lowest BCUT2D eigenvalue weighted by molar-refractivity contribution is -0.116. The zero-order valence-electron chi connectivity index (χ0n) is 19.4. The maximum absolute atomic E-state index is 11.9. The summed E-state index contributed by atoms with van der Waals surface area (Å²) in [5.74, 6) is 0.709. The van der Waals surface area contributed by atoms with Crippen LogP contribution in [-0.2, 0) is 4.79 Å². The molecule has 1 aromatic carbocycles. The minimum atomic E-state index is -0.374. The van der Waals surface area contributed by atoms with Crippen molar-refractivity contribution >= 4 is 12.0 Å². The number of carbonyl (C=O) groups excluding carboxylic acids is 1. The van der Waals surface area contributed by atoms with Gasteiger partial charge in [-0.1, -0.05) is 64.1 Å². The summed E-state index contributed by atoms with van der Waals surface area (Å²) in [6.07, 6.45) is 9.91. The summed E-state index contributed by atoms with van der Waals surface area (Å²) in [6.45, 7) is 11.4. The highest BCUT2D eigenvalue weighted by Gasteiger charge is 2.31. The molecule has 1 aromatic heterocycles. The van der Waals surface area contributed by atoms with Crippen LogP contribution in [0.4, 0.5) is 0 Å². The molecule has 0 N–H and O–H groups in total. The zero-order chi connectivity index (χ0) is 23.4. The summed E-state index contributed by atoms with van der Waals surface area (Å²) in [4.78, 5) is 20.9. The number of hydrogen-bond acceptors (Lipinski definition) is 4. The normalized spacial score (nSPS) is 18.5. The van der Waals surface area contributed by atoms with E-state index in [-0.39, 0.29) is 23.6 Å². The van der Waals surface area contributed by atoms with Crippen molar-refractivity contribution in [2.45, 2.75) is 53.6 Å². The summed E-state index contributed by atoms with van der Waals surface area (Å²) in [7, 11) is 0. The standard InChI is InChI=1S/C22H16N4O2.2C2H6/c1-12-7-8-14-10-15-20(28-19(14)9-12)16(11-23)22(24-13(2)27)26-18-6-4-3-5-17(18)25-21(15)26;2*1-2/h3-10,17-18H,1-2H3;2*1-2H3. The van der Waals surface area contributed by atoms with Crippen molar-refractivity contribution in [2.24, 2.45) is 9.98 Å². The van der Waals surface area contributed by atoms with Gasteiger partial charge in [-0.2, -0.15) is 10.3 Å². The van der Waals surface area contributed by atoms with E-state index in [9.17, 15) is 10.1 Å². The van der Waals surface area contributed by atoms with E-state index in [1.54, 1.807) is 0 Å². The molecule has 2 aromatic rings. The van der Waals surface area contributed by atoms with Gasteiger partial charge < -0.3 is 4.74 Å². The highest BCUT2D eigenvalue weighted by molar-refractivity contribution is 5.74. The molecule has 3 heterocycles. The molecular formula is C26H28N4O2. The van der Waals surface area contributed by atoms with E-state index >= 15 is 0 Å². The number of rotatable bonds is 0. The van der Waals surface area contributed by atoms with Crippen LogP contribution in [0.25, 0.3) is 6.08 Å². The monoisotopic (exact) mass is 428 g/mol. The molecule has 0 radical (unpaired) electrons. The van der Waals surface area contributed by atoms with Crippen molar-refractivity contribution in [2.75, 3.05) is 0 Å². The molecule has 0 saturated heterocycles. The average Bonchev–Trinajstić information content (AvgIpc) is 3.20. The van der Waals surface area contributed by atoms with Gasteiger partial charge in [-0.15, -0.1) is 0 Å². The first kappa shape index (κ1) is 23.0. The number of benzene rings is 1. The number of hydrogen-bond donors (Lipinski definition) is 0. The Morgan fingerprint density at radius 3 is 2.59 bits per heavy atom. The van der Waals surface area contributed by atoms with Gasteiger partial charge in [0.15, 0.2) is 11.2 Å². The molecule has 3 aliphatic rings. The number of nitriles is 1. The van der Waals surface area contributed by atoms with Gasteiger partial charge in [0, 0.05) is 12.5 Å². The number of aromatic nitrogens is 1. The average molecular weight is 429 g/mol. The molecule has 5 rings (SSSR count). The third-order valence-corrected chi connectivity index (χ3v) is 5.10. The minimum absolute atomic E-state index is 0.100. The molecule has 32 heavy (non-hydrogen) atoms. The Balaban J connectivity index is 0.000000686. The molecule has 6 heteroatoms. The molecule has 0 fully saturated rings. The Bertz CT molecular complexity index is 1350. The fourth-order valence-corrected chi connectivity index (χ4v) is 3.90. The van der Waals surface area contributed by atoms with Crippen molar-refractivity contribution in [1.29, 1.82) is 5.26 Å². The second kappa shape index (κ2) is 9.61. The molecule has 2 unspecified atom stereocenters. The lowest BCUT2D eigenvalue weighted by Crippen LogP contribution is -2.46. The Kier molecular flexibility index (Phi) is 6.89. The van der Waals surface area contributed by atoms with Crippen LogP contribution >= 0.6 is 0 Å². The van der Waals surface area contributed by atoms with E-state index in [2.05, 4.69) is 11.1 Å². The van der Waals surface area contributed by atoms with Crippen LogP contribution < -0.4 is 20.9 Å². The number of nitrogens with zero attached hydrogens (tertiary/aromatic N) is 4. The number of aryl methyl sites for hydroxylation is 1. The molecule has 6 nitrogen and oxygen atoms in total. The van der Waals surface area contributed by atoms with E-state index in [4.69, 9.17) is 9.73 Å². The first-order valence-corrected chi connectivity index (χ1v) is 11.0. The van der Waals surface area contributed by atoms with E-state index in [1.807, 2.05) is 87.8 Å². The summed E-state index contributed by atoms with van der Waals surface area (Å²) in [5.41, 5.74) is 3.20. The quantitative estimate of drug-likeness (QED) is 0.547. The number of ether oxygens (including phenoxy) is 1. The molecule has 2 aliphatic heterocycles. The van der Waals surface area contributed by atoms with Crippen LogP contribution in [-0.4, -0.2) is 16.5 Å². The Hall–Kier alpha value is -3.72. The van der Waals surface area contributed by atoms with Gasteiger partial charge in [0.05, 0.1) is 17.3 Å². The number of amides is 1. The minimum Gasteiger partial charge on any atom is -0.454 e. The second-order valence-electron chi connectivity index (χ2n) is 7.05. The predicted octanol–water partition coefficient (Wildman–Crippen LogP) is 3.77. The van der Waals surface area contributed by atoms with E-state index in [0.717, 1.165) is 16.3 Å². The van der Waals surface area contributed by atoms with Crippen LogP contribution in [0.2, 0.25) is 0 Å². The smallest absolute Gasteiger partial charge is 0.244 e. The van der Waals surface area contributed by atoms with Gasteiger partial charge in [-0.3, -0.25) is 14.4 Å². The van der Waals surface area contributed by atoms with Gasteiger partial charge in [0.2, 0.25) is 5.91 Å². The van der Waals surface area contributed by atoms with Gasteiger partial charge in [0.1, 0.15) is 22.9 Å². The van der Waals surface area contributed by atoms with E-state index in [0.29, 0.717) is 22.5 Å². The predicted molar refractivity (Wildman–Crippen MR) is 125 cm³/mol. The summed E-state index contributed by atoms with van der Waals surface area (Å²) >= 11 is 0. The molecule has 2 atom stereocenters. The lowest BCUT2D eigenvalue weighted by Gasteiger charge is -2.21. The number of fused-ring (bicyclic) bond motifs is 6. The van der Waals surface area contributed by atoms with Crippen molar-refractivity contribution in [3.63, 3.8) is 0 Å². The largest absolute Gasteiger partial charge is 0.454 e. The fraction of sp³-hybridized carbons (Fsp3) is 0.308. The molecule has 0 bridgehead atoms. The Morgan fingerprint density at radius 1 is 1.19 bits per heavy atom. The summed E-state index contributed by atoms with van der Waals surface area (Å²) in [5, 5.41) is 10.7. The molecule has 1 aliphatic carbocycles. The van der Waals surface area contributed by atoms with Crippen LogP contribution in [0.5, 0.6) is 11.5 Å². The SMILES string of the molecule is CC.CC.CC(=O)N=c1c(C#N)c2c(c3n1C1C=CC=CC1N=3)=Cc1ccc(C)cc1O2. The van der Waals surface area contributed by atoms with Crippen LogP contribution in [0.1, 0.15) is 57.4 Å². The number of carbonyl (C=O) groups is 1. The van der Waals surface area contributed by atoms with Gasteiger partial charge in [-0.05, 0) is 24.6 Å². The first-order valence-electron chi connectivity index (χ1n) is 11.0. The van der Waals surface area contributed by atoms with Crippen LogP contribution in [0.15, 0.2) is 52.5 Å². The Labute approximate surface area is 188 Å². The van der Waals surface area contributed by atoms with Crippen molar-refractivity contribution in [3.05, 3.63) is 75.4 Å². The highest BCUT2D eigenvalue weighted by atomic mass is 16.5. The topological polar surface area (TPSA) is 79.7 Å². The maximum atomic E-state index is 11.9. The molecule has 164 valence electrons. The second-order valence-corrected chi connectivity index (χ2v) is 7.05. The fourth-order valence-electron chi connectivity index (χ4n) is 3.90. The molecular weight excluding hydrogens is 400 g/mol. The van der Waals surface area contributed by atoms with E-state index < -0.39 is 0 Å². The van der Waals surface area contributed by atoms with E-state index in [1.165, 1.54) is 6.92 Å². The third-order valence-electron chi connectivity index (χ3n) is 5.10. The lowest BCUT2D eigenvalue weighted by atomic mass is 10.0. The molecule has 0 spiro atoms. The Morgan fingerprint density at radius 2 is 1.91 bits per heavy atom. The van der Waals surface area contributed by atoms with Crippen molar-refractivity contribution in [1.82, 2.24) is 4.57 Å². The maximum Gasteiger partial charge on any atom is 0.244 e. The van der Waals surface area contributed by atoms with Gasteiger partial charge >= 0.3 is 0 Å². The summed E-state index contributed by atoms with van der Waals surface area (Å²) < 4.78 is 8.02. The zero-order valence-corrected chi connectivity index (χ0v) is 19.4. The number of allylic oxidation sites excluding steroid dienone is 2. The first-order chi connectivity index (χ1) is 15.6. The van der Waals surface area contributed by atoms with Gasteiger partial charge in [-0.25, -0.2) is 0 Å². The third kappa shape index (κ3) is 3.82. The molecule has 0 saturated carbocycles. The highest BCUT2D eigenvalue weighted by Crippen LogP contribution is 2.30. The number of pyridine rings is 1. The van der Waals surface area contributed by atoms with Crippen LogP contribution in [0, 0.1) is 18.3 Å². The van der Waals surface area contributed by atoms with Gasteiger partial charge in [0.25, 0.3) is 0 Å². The molecule has 1 amide bonds. The van der Waals surface area contributed by atoms with Crippen molar-refractivity contribution in [3.8, 4) is 17.6 Å².